The van der Waals surface area contributed by atoms with Gasteiger partial charge in [-0.15, -0.1) is 11.8 Å². The normalized spacial score (nSPS) is 17.6. The van der Waals surface area contributed by atoms with E-state index in [4.69, 9.17) is 0 Å². The summed E-state index contributed by atoms with van der Waals surface area (Å²) in [5.41, 5.74) is 2.10. The Kier molecular flexibility index (Phi) is 15.5. The predicted octanol–water partition coefficient (Wildman–Crippen LogP) is 9.99. The molecule has 5 heterocycles. The summed E-state index contributed by atoms with van der Waals surface area (Å²) in [6.45, 7) is 12.1. The first-order valence-electron chi connectivity index (χ1n) is 20.5. The van der Waals surface area contributed by atoms with Crippen molar-refractivity contribution >= 4 is 125 Å². The van der Waals surface area contributed by atoms with E-state index in [0.29, 0.717) is 13.1 Å². The number of aryl methyl sites for hydroxylation is 1. The largest absolute Gasteiger partial charge is 0.366 e. The van der Waals surface area contributed by atoms with E-state index < -0.39 is 20.2 Å². The van der Waals surface area contributed by atoms with Crippen molar-refractivity contribution < 1.29 is 35.1 Å². The highest BCUT2D eigenvalue weighted by Gasteiger charge is 2.29. The van der Waals surface area contributed by atoms with Crippen LogP contribution < -0.4 is 9.47 Å². The molecule has 1 saturated heterocycles. The minimum absolute atomic E-state index is 0.270. The Bertz CT molecular complexity index is 2790. The number of hydrogen-bond donors (Lipinski definition) is 2. The van der Waals surface area contributed by atoms with E-state index in [-0.39, 0.29) is 24.3 Å². The van der Waals surface area contributed by atoms with Gasteiger partial charge in [0.25, 0.3) is 30.1 Å². The molecule has 5 aromatic rings. The Morgan fingerprint density at radius 1 is 0.852 bits per heavy atom. The predicted molar refractivity (Wildman–Crippen MR) is 263 cm³/mol. The fourth-order valence-electron chi connectivity index (χ4n) is 7.51. The van der Waals surface area contributed by atoms with Crippen LogP contribution >= 0.6 is 58.0 Å². The lowest BCUT2D eigenvalue weighted by molar-refractivity contribution is -0.666. The van der Waals surface area contributed by atoms with Gasteiger partial charge in [0.15, 0.2) is 13.1 Å². The molecule has 0 amide bonds. The lowest BCUT2D eigenvalue weighted by Crippen LogP contribution is -2.35. The van der Waals surface area contributed by atoms with Gasteiger partial charge >= 0.3 is 0 Å². The fourth-order valence-corrected chi connectivity index (χ4v) is 14.6. The smallest absolute Gasteiger partial charge is 0.281 e. The molecule has 17 heteroatoms. The molecule has 61 heavy (non-hydrogen) atoms. The van der Waals surface area contributed by atoms with Crippen molar-refractivity contribution in [3.05, 3.63) is 106 Å². The van der Waals surface area contributed by atoms with Gasteiger partial charge in [-0.05, 0) is 61.9 Å². The highest BCUT2D eigenvalue weighted by atomic mass is 32.2. The number of hydrogen-bond acceptors (Lipinski definition) is 11. The number of fused-ring (bicyclic) bond motifs is 6. The maximum Gasteiger partial charge on any atom is 0.281 e. The van der Waals surface area contributed by atoms with Crippen molar-refractivity contribution in [1.29, 1.82) is 0 Å². The van der Waals surface area contributed by atoms with Crippen LogP contribution in [0, 0.1) is 0 Å². The van der Waals surface area contributed by atoms with Crippen LogP contribution in [0.15, 0.2) is 105 Å². The van der Waals surface area contributed by atoms with Gasteiger partial charge in [-0.3, -0.25) is 9.11 Å². The number of thiophene rings is 1. The van der Waals surface area contributed by atoms with Crippen molar-refractivity contribution in [2.75, 3.05) is 60.6 Å². The molecule has 0 unspecified atom stereocenters. The Hall–Kier alpha value is -3.13. The van der Waals surface area contributed by atoms with Gasteiger partial charge in [-0.2, -0.15) is 21.4 Å². The van der Waals surface area contributed by atoms with Crippen molar-refractivity contribution in [2.45, 2.75) is 51.5 Å². The molecule has 8 rings (SSSR count). The van der Waals surface area contributed by atoms with Crippen molar-refractivity contribution in [1.82, 2.24) is 4.90 Å². The molecule has 0 saturated carbocycles. The van der Waals surface area contributed by atoms with E-state index in [1.807, 2.05) is 47.8 Å². The van der Waals surface area contributed by atoms with Crippen LogP contribution in [0.3, 0.4) is 0 Å². The molecule has 0 atom stereocenters. The topological polar surface area (TPSA) is 122 Å². The van der Waals surface area contributed by atoms with Crippen LogP contribution in [0.1, 0.15) is 45.0 Å². The van der Waals surface area contributed by atoms with E-state index in [1.54, 1.807) is 34.4 Å². The Balaban J connectivity index is 0.000000276. The third kappa shape index (κ3) is 11.5. The monoisotopic (exact) mass is 956 g/mol. The fraction of sp³-hybridized carbons (Fsp3) is 0.364. The second kappa shape index (κ2) is 20.6. The maximum atomic E-state index is 11.5. The van der Waals surface area contributed by atoms with Gasteiger partial charge in [-0.1, -0.05) is 108 Å². The summed E-state index contributed by atoms with van der Waals surface area (Å²) in [6, 6.07) is 20.5. The molecule has 2 N–H and O–H groups in total. The molecule has 0 bridgehead atoms. The molecule has 1 fully saturated rings. The van der Waals surface area contributed by atoms with Gasteiger partial charge < -0.3 is 9.80 Å². The first-order valence-corrected chi connectivity index (χ1v) is 28.1. The van der Waals surface area contributed by atoms with Crippen LogP contribution in [0.4, 0.5) is 5.69 Å². The molecular formula is C44H52N4O6S7+2. The highest BCUT2D eigenvalue weighted by Crippen LogP contribution is 2.50. The molecule has 3 aliphatic rings. The van der Waals surface area contributed by atoms with Gasteiger partial charge in [0, 0.05) is 64.3 Å². The quantitative estimate of drug-likeness (QED) is 0.0771. The summed E-state index contributed by atoms with van der Waals surface area (Å²) in [6.07, 6.45) is 12.3. The standard InChI is InChI=1S/C31H30N2O6S5.C13H21N2S2/c1-2-21(20-28-33(16-8-18-44(37,38)39)31-30(42-28)24-11-5-6-12-25(24)41-31)19-27-32(15-7-17-43(34,35)36)29-23-10-4-3-9-22(23)13-14-26(29)40-27;1-3-14-8-10-16-12(14)6-5-7-13-15(4-2)9-11-17-13/h3-6,9-14,19-20H,2,7-8,15-18H2,1H3,(H-,34,35,36,37,38,39);5-7H,3-4,8-11H2,1-2H3/q;+1/p+1. The third-order valence-corrected chi connectivity index (χ3v) is 17.9. The molecular weight excluding hydrogens is 905 g/mol. The summed E-state index contributed by atoms with van der Waals surface area (Å²) >= 11 is 8.92. The number of aromatic nitrogens is 1. The first-order chi connectivity index (χ1) is 29.4. The van der Waals surface area contributed by atoms with Crippen LogP contribution in [0.2, 0.25) is 0 Å². The van der Waals surface area contributed by atoms with Crippen molar-refractivity contribution in [3.8, 4) is 0 Å². The number of nitrogens with zero attached hydrogens (tertiary/aromatic N) is 4. The van der Waals surface area contributed by atoms with Gasteiger partial charge in [0.2, 0.25) is 5.04 Å². The Morgan fingerprint density at radius 3 is 2.36 bits per heavy atom. The number of thiazole rings is 1. The Labute approximate surface area is 380 Å². The first kappa shape index (κ1) is 45.9. The number of rotatable bonds is 15. The summed E-state index contributed by atoms with van der Waals surface area (Å²) < 4.78 is 71.7. The zero-order chi connectivity index (χ0) is 43.1. The van der Waals surface area contributed by atoms with Crippen LogP contribution in [-0.4, -0.2) is 96.2 Å². The molecule has 10 nitrogen and oxygen atoms in total. The van der Waals surface area contributed by atoms with Crippen molar-refractivity contribution in [3.63, 3.8) is 0 Å². The van der Waals surface area contributed by atoms with Crippen LogP contribution in [0.25, 0.3) is 36.5 Å². The molecule has 2 aromatic heterocycles. The molecule has 0 aliphatic carbocycles. The molecule has 0 radical (unpaired) electrons. The van der Waals surface area contributed by atoms with Crippen LogP contribution in [0.5, 0.6) is 0 Å². The zero-order valence-corrected chi connectivity index (χ0v) is 40.2. The SMILES string of the molecule is CCC(/C=C1\Sc2ccc3ccccc3c2N1CCCS(=O)(=O)O)=C\c1sc2c3ccccc3sc2[n+]1CCCS(=O)(=O)O.CCN1CCS/C1=C/C=C/C1=[N+](CC)CCS1. The minimum atomic E-state index is -4.08. The van der Waals surface area contributed by atoms with E-state index in [2.05, 4.69) is 106 Å². The van der Waals surface area contributed by atoms with E-state index >= 15 is 0 Å². The number of benzene rings is 3. The second-order valence-corrected chi connectivity index (χ2v) is 23.1. The molecule has 324 valence electrons. The number of anilines is 1. The van der Waals surface area contributed by atoms with Crippen LogP contribution in [-0.2, 0) is 26.8 Å². The average Bonchev–Trinajstić information content (AvgIpc) is 4.07. The third-order valence-electron chi connectivity index (χ3n) is 10.5. The zero-order valence-electron chi connectivity index (χ0n) is 34.5. The maximum absolute atomic E-state index is 11.5. The van der Waals surface area contributed by atoms with Gasteiger partial charge in [-0.25, -0.2) is 4.58 Å². The summed E-state index contributed by atoms with van der Waals surface area (Å²) in [5.74, 6) is 1.85. The minimum Gasteiger partial charge on any atom is -0.366 e. The second-order valence-electron chi connectivity index (χ2n) is 14.6. The summed E-state index contributed by atoms with van der Waals surface area (Å²) in [4.78, 5) is 6.75. The summed E-state index contributed by atoms with van der Waals surface area (Å²) in [5, 5.41) is 8.15. The molecule has 3 aliphatic heterocycles. The Morgan fingerprint density at radius 2 is 1.61 bits per heavy atom. The number of thioether (sulfide) groups is 3. The summed E-state index contributed by atoms with van der Waals surface area (Å²) in [7, 11) is -8.15. The van der Waals surface area contributed by atoms with Crippen molar-refractivity contribution in [2.24, 2.45) is 0 Å². The van der Waals surface area contributed by atoms with Gasteiger partial charge in [0.05, 0.1) is 33.0 Å². The number of allylic oxidation sites excluding steroid dienone is 4. The van der Waals surface area contributed by atoms with Gasteiger partial charge in [0.1, 0.15) is 11.2 Å². The van der Waals surface area contributed by atoms with E-state index in [0.717, 1.165) is 71.4 Å². The lowest BCUT2D eigenvalue weighted by atomic mass is 10.1. The van der Waals surface area contributed by atoms with E-state index in [1.165, 1.54) is 39.4 Å². The lowest BCUT2D eigenvalue weighted by Gasteiger charge is -2.22. The van der Waals surface area contributed by atoms with E-state index in [9.17, 15) is 25.9 Å². The molecule has 3 aromatic carbocycles. The molecule has 0 spiro atoms. The highest BCUT2D eigenvalue weighted by molar-refractivity contribution is 8.14. The average molecular weight is 957 g/mol.